The number of aromatic nitrogens is 4. The first-order valence-corrected chi connectivity index (χ1v) is 6.34. The lowest BCUT2D eigenvalue weighted by molar-refractivity contribution is 0.731. The van der Waals surface area contributed by atoms with E-state index in [-0.39, 0.29) is 0 Å². The first-order chi connectivity index (χ1) is 8.99. The van der Waals surface area contributed by atoms with Gasteiger partial charge in [0.15, 0.2) is 5.82 Å². The van der Waals surface area contributed by atoms with Crippen LogP contribution >= 0.6 is 0 Å². The highest BCUT2D eigenvalue weighted by Crippen LogP contribution is 2.26. The maximum atomic E-state index is 5.54. The van der Waals surface area contributed by atoms with Crippen molar-refractivity contribution in [3.8, 4) is 11.4 Å². The van der Waals surface area contributed by atoms with E-state index in [1.165, 1.54) is 0 Å². The zero-order chi connectivity index (χ0) is 14.2. The van der Waals surface area contributed by atoms with Crippen molar-refractivity contribution in [3.63, 3.8) is 0 Å². The highest BCUT2D eigenvalue weighted by atomic mass is 15.3. The molecule has 0 unspecified atom stereocenters. The molecule has 0 saturated carbocycles. The first kappa shape index (κ1) is 13.5. The van der Waals surface area contributed by atoms with E-state index in [0.717, 1.165) is 34.6 Å². The van der Waals surface area contributed by atoms with Crippen LogP contribution in [0.25, 0.3) is 11.4 Å². The fourth-order valence-corrected chi connectivity index (χ4v) is 2.26. The fourth-order valence-electron chi connectivity index (χ4n) is 2.26. The predicted molar refractivity (Wildman–Crippen MR) is 75.6 cm³/mol. The molecule has 0 aliphatic rings. The monoisotopic (exact) mass is 260 g/mol. The summed E-state index contributed by atoms with van der Waals surface area (Å²) in [5.74, 6) is 6.89. The number of hydrazine groups is 1. The van der Waals surface area contributed by atoms with E-state index in [0.29, 0.717) is 11.6 Å². The minimum Gasteiger partial charge on any atom is -0.308 e. The van der Waals surface area contributed by atoms with Crippen LogP contribution in [0, 0.1) is 20.8 Å². The molecular formula is C13H20N6. The molecule has 6 heteroatoms. The topological polar surface area (TPSA) is 81.7 Å². The molecule has 0 saturated heterocycles. The molecule has 0 radical (unpaired) electrons. The molecular weight excluding hydrogens is 240 g/mol. The second-order valence-corrected chi connectivity index (χ2v) is 4.63. The minimum atomic E-state index is 0.671. The molecule has 19 heavy (non-hydrogen) atoms. The molecule has 0 aromatic carbocycles. The average molecular weight is 260 g/mol. The van der Waals surface area contributed by atoms with Crippen LogP contribution in [0.4, 0.5) is 5.82 Å². The van der Waals surface area contributed by atoms with Gasteiger partial charge < -0.3 is 5.43 Å². The van der Waals surface area contributed by atoms with Crippen LogP contribution in [0.15, 0.2) is 0 Å². The summed E-state index contributed by atoms with van der Waals surface area (Å²) in [4.78, 5) is 9.15. The van der Waals surface area contributed by atoms with E-state index >= 15 is 0 Å². The van der Waals surface area contributed by atoms with Gasteiger partial charge in [0.25, 0.3) is 0 Å². The number of rotatable bonds is 3. The second kappa shape index (κ2) is 4.97. The average Bonchev–Trinajstić information content (AvgIpc) is 2.64. The van der Waals surface area contributed by atoms with Gasteiger partial charge in [0.2, 0.25) is 0 Å². The largest absolute Gasteiger partial charge is 0.308 e. The van der Waals surface area contributed by atoms with Crippen molar-refractivity contribution in [2.24, 2.45) is 12.9 Å². The van der Waals surface area contributed by atoms with Gasteiger partial charge in [-0.25, -0.2) is 15.8 Å². The van der Waals surface area contributed by atoms with Crippen molar-refractivity contribution in [2.75, 3.05) is 5.43 Å². The van der Waals surface area contributed by atoms with Crippen LogP contribution in [0.1, 0.15) is 29.6 Å². The molecule has 6 nitrogen and oxygen atoms in total. The third kappa shape index (κ3) is 2.19. The minimum absolute atomic E-state index is 0.671. The number of aryl methyl sites for hydroxylation is 3. The molecule has 2 heterocycles. The number of anilines is 1. The van der Waals surface area contributed by atoms with Crippen LogP contribution in [-0.4, -0.2) is 19.7 Å². The van der Waals surface area contributed by atoms with E-state index in [1.807, 2.05) is 32.5 Å². The molecule has 0 spiro atoms. The molecule has 0 atom stereocenters. The van der Waals surface area contributed by atoms with Gasteiger partial charge in [0, 0.05) is 24.0 Å². The summed E-state index contributed by atoms with van der Waals surface area (Å²) in [6.45, 7) is 8.02. The summed E-state index contributed by atoms with van der Waals surface area (Å²) in [6, 6.07) is 0. The van der Waals surface area contributed by atoms with E-state index in [1.54, 1.807) is 0 Å². The molecule has 0 aliphatic carbocycles. The summed E-state index contributed by atoms with van der Waals surface area (Å²) >= 11 is 0. The number of nitrogens with two attached hydrogens (primary N) is 1. The molecule has 0 fully saturated rings. The van der Waals surface area contributed by atoms with E-state index in [9.17, 15) is 0 Å². The zero-order valence-corrected chi connectivity index (χ0v) is 12.1. The van der Waals surface area contributed by atoms with Crippen molar-refractivity contribution in [3.05, 3.63) is 22.6 Å². The maximum absolute atomic E-state index is 5.54. The van der Waals surface area contributed by atoms with Gasteiger partial charge >= 0.3 is 0 Å². The van der Waals surface area contributed by atoms with Crippen LogP contribution in [0.5, 0.6) is 0 Å². The molecule has 102 valence electrons. The second-order valence-electron chi connectivity index (χ2n) is 4.63. The molecule has 2 rings (SSSR count). The molecule has 2 aromatic rings. The Morgan fingerprint density at radius 2 is 1.89 bits per heavy atom. The number of nitrogen functional groups attached to an aromatic ring is 1. The molecule has 3 N–H and O–H groups in total. The van der Waals surface area contributed by atoms with Gasteiger partial charge in [-0.2, -0.15) is 5.10 Å². The summed E-state index contributed by atoms with van der Waals surface area (Å²) in [7, 11) is 1.92. The molecule has 2 aromatic heterocycles. The third-order valence-electron chi connectivity index (χ3n) is 3.45. The highest BCUT2D eigenvalue weighted by Gasteiger charge is 2.17. The van der Waals surface area contributed by atoms with Crippen LogP contribution < -0.4 is 11.3 Å². The van der Waals surface area contributed by atoms with Crippen molar-refractivity contribution >= 4 is 5.82 Å². The third-order valence-corrected chi connectivity index (χ3v) is 3.45. The summed E-state index contributed by atoms with van der Waals surface area (Å²) in [5, 5.41) is 4.41. The smallest absolute Gasteiger partial charge is 0.165 e. The standard InChI is InChI=1S/C13H20N6/c1-6-10-7(2)12(17-14)16-13(15-10)11-8(3)18-19(5)9(11)4/h6,14H2,1-5H3,(H,15,16,17). The van der Waals surface area contributed by atoms with Crippen LogP contribution in [-0.2, 0) is 13.5 Å². The lowest BCUT2D eigenvalue weighted by atomic mass is 10.1. The predicted octanol–water partition coefficient (Wildman–Crippen LogP) is 1.65. The number of hydrogen-bond donors (Lipinski definition) is 2. The summed E-state index contributed by atoms with van der Waals surface area (Å²) < 4.78 is 1.84. The Bertz CT molecular complexity index is 589. The van der Waals surface area contributed by atoms with Gasteiger partial charge in [-0.3, -0.25) is 4.68 Å². The van der Waals surface area contributed by atoms with Crippen LogP contribution in [0.2, 0.25) is 0 Å². The van der Waals surface area contributed by atoms with Gasteiger partial charge in [0.05, 0.1) is 11.3 Å². The highest BCUT2D eigenvalue weighted by molar-refractivity contribution is 5.64. The molecule has 0 amide bonds. The first-order valence-electron chi connectivity index (χ1n) is 6.34. The summed E-state index contributed by atoms with van der Waals surface area (Å²) in [6.07, 6.45) is 0.842. The van der Waals surface area contributed by atoms with E-state index in [2.05, 4.69) is 27.4 Å². The molecule has 0 aliphatic heterocycles. The van der Waals surface area contributed by atoms with Crippen molar-refractivity contribution in [2.45, 2.75) is 34.1 Å². The van der Waals surface area contributed by atoms with Gasteiger partial charge in [-0.15, -0.1) is 0 Å². The quantitative estimate of drug-likeness (QED) is 0.648. The lowest BCUT2D eigenvalue weighted by Gasteiger charge is -2.11. The van der Waals surface area contributed by atoms with Crippen molar-refractivity contribution in [1.29, 1.82) is 0 Å². The normalized spacial score (nSPS) is 10.8. The van der Waals surface area contributed by atoms with Crippen molar-refractivity contribution < 1.29 is 0 Å². The number of nitrogens with one attached hydrogen (secondary N) is 1. The van der Waals surface area contributed by atoms with Gasteiger partial charge in [0.1, 0.15) is 5.82 Å². The molecule has 0 bridgehead atoms. The maximum Gasteiger partial charge on any atom is 0.165 e. The van der Waals surface area contributed by atoms with Gasteiger partial charge in [-0.1, -0.05) is 6.92 Å². The lowest BCUT2D eigenvalue weighted by Crippen LogP contribution is -2.13. The summed E-state index contributed by atoms with van der Waals surface area (Å²) in [5.41, 5.74) is 7.59. The Morgan fingerprint density at radius 3 is 2.37 bits per heavy atom. The number of hydrogen-bond acceptors (Lipinski definition) is 5. The zero-order valence-electron chi connectivity index (χ0n) is 12.1. The van der Waals surface area contributed by atoms with Gasteiger partial charge in [-0.05, 0) is 27.2 Å². The Labute approximate surface area is 113 Å². The van der Waals surface area contributed by atoms with Crippen molar-refractivity contribution in [1.82, 2.24) is 19.7 Å². The fraction of sp³-hybridized carbons (Fsp3) is 0.462. The van der Waals surface area contributed by atoms with E-state index < -0.39 is 0 Å². The van der Waals surface area contributed by atoms with Crippen LogP contribution in [0.3, 0.4) is 0 Å². The Kier molecular flexibility index (Phi) is 3.53. The SMILES string of the molecule is CCc1nc(-c2c(C)nn(C)c2C)nc(NN)c1C. The number of nitrogens with zero attached hydrogens (tertiary/aromatic N) is 4. The van der Waals surface area contributed by atoms with E-state index in [4.69, 9.17) is 5.84 Å². The Hall–Kier alpha value is -1.95. The Morgan fingerprint density at radius 1 is 1.21 bits per heavy atom. The Balaban J connectivity index is 2.69.